The summed E-state index contributed by atoms with van der Waals surface area (Å²) in [6.07, 6.45) is 11.4. The Labute approximate surface area is 147 Å². The Morgan fingerprint density at radius 2 is 1.90 bits per heavy atom. The molecule has 2 aliphatic carbocycles. The number of nitrogens with two attached hydrogens (primary N) is 1. The lowest BCUT2D eigenvalue weighted by molar-refractivity contribution is -0.549. The van der Waals surface area contributed by atoms with Gasteiger partial charge in [-0.1, -0.05) is 6.42 Å². The number of allylic oxidation sites excluding steroid dienone is 1. The lowest BCUT2D eigenvalue weighted by Gasteiger charge is -2.39. The summed E-state index contributed by atoms with van der Waals surface area (Å²) < 4.78 is 0. The van der Waals surface area contributed by atoms with Crippen LogP contribution in [0.15, 0.2) is 11.3 Å². The smallest absolute Gasteiger partial charge is 0.310 e. The molecule has 3 rings (SSSR count). The van der Waals surface area contributed by atoms with Crippen molar-refractivity contribution >= 4 is 22.8 Å². The molecule has 21 heavy (non-hydrogen) atoms. The fourth-order valence-corrected chi connectivity index (χ4v) is 4.58. The zero-order valence-corrected chi connectivity index (χ0v) is 15.3. The van der Waals surface area contributed by atoms with Crippen LogP contribution in [0.4, 0.5) is 0 Å². The van der Waals surface area contributed by atoms with Crippen LogP contribution in [0.5, 0.6) is 0 Å². The van der Waals surface area contributed by atoms with E-state index in [0.29, 0.717) is 5.75 Å². The van der Waals surface area contributed by atoms with Crippen LogP contribution in [0.1, 0.15) is 57.8 Å². The zero-order chi connectivity index (χ0) is 14.0. The highest BCUT2D eigenvalue weighted by Crippen LogP contribution is 2.38. The fourth-order valence-electron chi connectivity index (χ4n) is 3.83. The highest BCUT2D eigenvalue weighted by molar-refractivity contribution is 8.14. The van der Waals surface area contributed by atoms with Crippen LogP contribution in [0, 0.1) is 0 Å². The maximum atomic E-state index is 11.0. The molecule has 0 atom stereocenters. The van der Waals surface area contributed by atoms with Crippen molar-refractivity contribution in [2.45, 2.75) is 63.3 Å². The van der Waals surface area contributed by atoms with Crippen LogP contribution in [0.2, 0.25) is 0 Å². The molecule has 1 heterocycles. The van der Waals surface area contributed by atoms with Crippen molar-refractivity contribution in [3.8, 4) is 0 Å². The number of fused-ring (bicyclic) bond motifs is 1. The monoisotopic (exact) mass is 421 g/mol. The quantitative estimate of drug-likeness (QED) is 0.443. The van der Waals surface area contributed by atoms with Gasteiger partial charge in [0.1, 0.15) is 11.2 Å². The number of carbonyl (C=O) groups is 1. The van der Waals surface area contributed by atoms with E-state index in [1.165, 1.54) is 68.8 Å². The molecule has 0 radical (unpaired) electrons. The van der Waals surface area contributed by atoms with E-state index >= 15 is 0 Å². The Balaban J connectivity index is 0.00000161. The number of amides is 1. The molecular formula is C15H24IN3OS. The first-order chi connectivity index (χ1) is 9.70. The normalized spacial score (nSPS) is 23.7. The molecule has 1 fully saturated rings. The van der Waals surface area contributed by atoms with Gasteiger partial charge < -0.3 is 29.7 Å². The second kappa shape index (κ2) is 7.35. The lowest BCUT2D eigenvalue weighted by Crippen LogP contribution is -3.00. The Hall–Kier alpha value is -0.240. The van der Waals surface area contributed by atoms with Crippen molar-refractivity contribution in [1.29, 1.82) is 0 Å². The average Bonchev–Trinajstić information content (AvgIpc) is 2.46. The molecule has 1 spiro atoms. The predicted molar refractivity (Wildman–Crippen MR) is 82.1 cm³/mol. The van der Waals surface area contributed by atoms with Gasteiger partial charge in [0.25, 0.3) is 0 Å². The largest absolute Gasteiger partial charge is 1.00 e. The van der Waals surface area contributed by atoms with E-state index < -0.39 is 0 Å². The van der Waals surface area contributed by atoms with Crippen LogP contribution in [0.3, 0.4) is 0 Å². The number of hydrogen-bond donors (Lipinski definition) is 3. The minimum absolute atomic E-state index is 0. The predicted octanol–water partition coefficient (Wildman–Crippen LogP) is -2.22. The van der Waals surface area contributed by atoms with Gasteiger partial charge in [0.2, 0.25) is 5.91 Å². The van der Waals surface area contributed by atoms with Crippen molar-refractivity contribution < 1.29 is 33.8 Å². The van der Waals surface area contributed by atoms with E-state index in [2.05, 4.69) is 10.3 Å². The standard InChI is InChI=1S/C15H23N3OS.HI/c16-13(19)10-20-14-17-12-7-3-2-6-11(12)15(18-14)8-4-1-5-9-15;/h1-10H2,(H2,16,19)(H,17,18);1H. The first-order valence-electron chi connectivity index (χ1n) is 7.75. The molecule has 4 nitrogen and oxygen atoms in total. The summed E-state index contributed by atoms with van der Waals surface area (Å²) in [6, 6.07) is 0. The van der Waals surface area contributed by atoms with E-state index in [1.54, 1.807) is 5.57 Å². The molecule has 3 aliphatic rings. The van der Waals surface area contributed by atoms with Gasteiger partial charge in [-0.15, -0.1) is 0 Å². The SMILES string of the molecule is NC(=O)CSC1=[NH+]C2(CCCCC2)C2=C(CCCC2)N1.[I-]. The van der Waals surface area contributed by atoms with Crippen LogP contribution in [-0.2, 0) is 4.79 Å². The van der Waals surface area contributed by atoms with E-state index in [4.69, 9.17) is 5.73 Å². The average molecular weight is 421 g/mol. The number of rotatable bonds is 2. The van der Waals surface area contributed by atoms with Crippen molar-refractivity contribution in [2.24, 2.45) is 5.73 Å². The molecule has 0 aromatic heterocycles. The van der Waals surface area contributed by atoms with Gasteiger partial charge in [0, 0.05) is 12.0 Å². The first-order valence-corrected chi connectivity index (χ1v) is 8.74. The van der Waals surface area contributed by atoms with Gasteiger partial charge in [0.05, 0.1) is 5.75 Å². The molecule has 0 aromatic rings. The topological polar surface area (TPSA) is 69.1 Å². The molecule has 1 saturated carbocycles. The molecule has 0 unspecified atom stereocenters. The molecule has 1 amide bonds. The minimum Gasteiger partial charge on any atom is -1.00 e. The summed E-state index contributed by atoms with van der Waals surface area (Å²) in [7, 11) is 0. The molecule has 0 aromatic carbocycles. The second-order valence-electron chi connectivity index (χ2n) is 6.14. The molecule has 0 saturated heterocycles. The number of primary amides is 1. The van der Waals surface area contributed by atoms with Crippen LogP contribution >= 0.6 is 11.8 Å². The molecular weight excluding hydrogens is 397 g/mol. The van der Waals surface area contributed by atoms with Crippen LogP contribution in [0.25, 0.3) is 0 Å². The van der Waals surface area contributed by atoms with Gasteiger partial charge in [-0.2, -0.15) is 0 Å². The molecule has 4 N–H and O–H groups in total. The van der Waals surface area contributed by atoms with Crippen LogP contribution < -0.4 is 40.0 Å². The maximum absolute atomic E-state index is 11.0. The summed E-state index contributed by atoms with van der Waals surface area (Å²) in [5.74, 6) is 0.0841. The molecule has 1 aliphatic heterocycles. The zero-order valence-electron chi connectivity index (χ0n) is 12.3. The van der Waals surface area contributed by atoms with Gasteiger partial charge >= 0.3 is 5.17 Å². The number of amidine groups is 1. The Bertz CT molecular complexity index is 470. The van der Waals surface area contributed by atoms with E-state index in [-0.39, 0.29) is 35.4 Å². The van der Waals surface area contributed by atoms with Crippen molar-refractivity contribution in [2.75, 3.05) is 5.75 Å². The molecule has 0 bridgehead atoms. The van der Waals surface area contributed by atoms with Crippen molar-refractivity contribution in [3.63, 3.8) is 0 Å². The number of halogens is 1. The summed E-state index contributed by atoms with van der Waals surface area (Å²) in [5, 5.41) is 4.56. The minimum atomic E-state index is -0.257. The van der Waals surface area contributed by atoms with Gasteiger partial charge in [0.15, 0.2) is 0 Å². The second-order valence-corrected chi connectivity index (χ2v) is 7.13. The van der Waals surface area contributed by atoms with Gasteiger partial charge in [-0.05, 0) is 56.7 Å². The van der Waals surface area contributed by atoms with Crippen molar-refractivity contribution in [1.82, 2.24) is 5.32 Å². The third-order valence-electron chi connectivity index (χ3n) is 4.73. The Morgan fingerprint density at radius 3 is 2.62 bits per heavy atom. The number of hydrogen-bond acceptors (Lipinski definition) is 3. The summed E-state index contributed by atoms with van der Waals surface area (Å²) in [6.45, 7) is 0. The van der Waals surface area contributed by atoms with E-state index in [0.717, 1.165) is 11.6 Å². The third kappa shape index (κ3) is 3.75. The molecule has 118 valence electrons. The van der Waals surface area contributed by atoms with Crippen molar-refractivity contribution in [3.05, 3.63) is 11.3 Å². The third-order valence-corrected chi connectivity index (χ3v) is 5.65. The highest BCUT2D eigenvalue weighted by Gasteiger charge is 2.44. The van der Waals surface area contributed by atoms with E-state index in [1.807, 2.05) is 0 Å². The highest BCUT2D eigenvalue weighted by atomic mass is 127. The number of carbonyl (C=O) groups excluding carboxylic acids is 1. The number of thioether (sulfide) groups is 1. The first kappa shape index (κ1) is 17.1. The number of nitrogens with one attached hydrogen (secondary N) is 2. The molecule has 6 heteroatoms. The summed E-state index contributed by atoms with van der Waals surface area (Å²) >= 11 is 1.51. The maximum Gasteiger partial charge on any atom is 0.310 e. The Kier molecular flexibility index (Phi) is 5.99. The van der Waals surface area contributed by atoms with E-state index in [9.17, 15) is 4.79 Å². The fraction of sp³-hybridized carbons (Fsp3) is 0.733. The lowest BCUT2D eigenvalue weighted by atomic mass is 9.72. The van der Waals surface area contributed by atoms with Crippen LogP contribution in [-0.4, -0.2) is 22.4 Å². The Morgan fingerprint density at radius 1 is 1.19 bits per heavy atom. The van der Waals surface area contributed by atoms with Gasteiger partial charge in [-0.3, -0.25) is 9.79 Å². The van der Waals surface area contributed by atoms with Gasteiger partial charge in [-0.25, -0.2) is 5.32 Å². The summed E-state index contributed by atoms with van der Waals surface area (Å²) in [4.78, 5) is 14.7. The summed E-state index contributed by atoms with van der Waals surface area (Å²) in [5.41, 5.74) is 8.47.